The van der Waals surface area contributed by atoms with Crippen molar-refractivity contribution in [3.63, 3.8) is 0 Å². The molecule has 24 heavy (non-hydrogen) atoms. The van der Waals surface area contributed by atoms with Gasteiger partial charge in [0.15, 0.2) is 0 Å². The van der Waals surface area contributed by atoms with E-state index in [1.54, 1.807) is 31.2 Å². The van der Waals surface area contributed by atoms with Crippen molar-refractivity contribution < 1.29 is 9.18 Å². The van der Waals surface area contributed by atoms with Crippen LogP contribution in [0.2, 0.25) is 0 Å². The average molecular weight is 325 g/mol. The van der Waals surface area contributed by atoms with Crippen molar-refractivity contribution in [3.8, 4) is 0 Å². The Morgan fingerprint density at radius 2 is 2.04 bits per heavy atom. The van der Waals surface area contributed by atoms with Crippen molar-refractivity contribution in [2.24, 2.45) is 0 Å². The number of para-hydroxylation sites is 1. The van der Waals surface area contributed by atoms with E-state index in [9.17, 15) is 14.0 Å². The van der Waals surface area contributed by atoms with Crippen LogP contribution in [0.1, 0.15) is 12.0 Å². The highest BCUT2D eigenvalue weighted by atomic mass is 19.1. The van der Waals surface area contributed by atoms with Crippen molar-refractivity contribution in [2.75, 3.05) is 5.32 Å². The Morgan fingerprint density at radius 1 is 1.25 bits per heavy atom. The normalized spacial score (nSPS) is 10.8. The van der Waals surface area contributed by atoms with E-state index in [1.165, 1.54) is 23.0 Å². The number of aryl methyl sites for hydroxylation is 2. The molecule has 1 N–H and O–H groups in total. The van der Waals surface area contributed by atoms with Gasteiger partial charge in [-0.15, -0.1) is 0 Å². The average Bonchev–Trinajstić information content (AvgIpc) is 2.57. The van der Waals surface area contributed by atoms with Crippen LogP contribution in [0.25, 0.3) is 10.9 Å². The highest BCUT2D eigenvalue weighted by Crippen LogP contribution is 2.15. The fraction of sp³-hybridized carbons (Fsp3) is 0.167. The first-order valence-electron chi connectivity index (χ1n) is 7.55. The maximum absolute atomic E-state index is 13.7. The topological polar surface area (TPSA) is 64.0 Å². The Labute approximate surface area is 137 Å². The van der Waals surface area contributed by atoms with Gasteiger partial charge in [0.1, 0.15) is 5.82 Å². The number of nitrogens with zero attached hydrogens (tertiary/aromatic N) is 2. The third-order valence-corrected chi connectivity index (χ3v) is 3.71. The Kier molecular flexibility index (Phi) is 4.37. The highest BCUT2D eigenvalue weighted by molar-refractivity contribution is 5.90. The number of hydrogen-bond acceptors (Lipinski definition) is 3. The molecule has 0 aliphatic heterocycles. The van der Waals surface area contributed by atoms with Gasteiger partial charge in [-0.05, 0) is 36.8 Å². The molecule has 0 saturated heterocycles. The van der Waals surface area contributed by atoms with Gasteiger partial charge in [0.05, 0.1) is 22.9 Å². The fourth-order valence-corrected chi connectivity index (χ4v) is 2.42. The van der Waals surface area contributed by atoms with Gasteiger partial charge in [0.25, 0.3) is 5.56 Å². The second-order valence-electron chi connectivity index (χ2n) is 5.54. The quantitative estimate of drug-likeness (QED) is 0.802. The second-order valence-corrected chi connectivity index (χ2v) is 5.54. The summed E-state index contributed by atoms with van der Waals surface area (Å²) in [6.07, 6.45) is 1.47. The summed E-state index contributed by atoms with van der Waals surface area (Å²) in [4.78, 5) is 28.5. The molecule has 1 amide bonds. The van der Waals surface area contributed by atoms with Gasteiger partial charge in [-0.25, -0.2) is 9.37 Å². The number of benzene rings is 2. The smallest absolute Gasteiger partial charge is 0.261 e. The molecule has 5 nitrogen and oxygen atoms in total. The van der Waals surface area contributed by atoms with Crippen LogP contribution < -0.4 is 10.9 Å². The third kappa shape index (κ3) is 3.32. The molecule has 0 radical (unpaired) electrons. The first-order valence-corrected chi connectivity index (χ1v) is 7.55. The lowest BCUT2D eigenvalue weighted by Crippen LogP contribution is -2.23. The number of carbonyl (C=O) groups excluding carboxylic acids is 1. The summed E-state index contributed by atoms with van der Waals surface area (Å²) >= 11 is 0. The van der Waals surface area contributed by atoms with Gasteiger partial charge < -0.3 is 5.32 Å². The summed E-state index contributed by atoms with van der Waals surface area (Å²) in [7, 11) is 0. The predicted octanol–water partition coefficient (Wildman–Crippen LogP) is 2.87. The van der Waals surface area contributed by atoms with Gasteiger partial charge in [0.2, 0.25) is 5.91 Å². The Balaban J connectivity index is 1.70. The minimum Gasteiger partial charge on any atom is -0.324 e. The number of aromatic nitrogens is 2. The van der Waals surface area contributed by atoms with Crippen LogP contribution in [0.3, 0.4) is 0 Å². The highest BCUT2D eigenvalue weighted by Gasteiger charge is 2.09. The van der Waals surface area contributed by atoms with Crippen LogP contribution in [-0.2, 0) is 11.3 Å². The summed E-state index contributed by atoms with van der Waals surface area (Å²) in [5, 5.41) is 3.02. The van der Waals surface area contributed by atoms with Crippen LogP contribution in [0, 0.1) is 12.7 Å². The number of hydrogen-bond donors (Lipinski definition) is 1. The number of amides is 1. The van der Waals surface area contributed by atoms with E-state index < -0.39 is 5.82 Å². The largest absolute Gasteiger partial charge is 0.324 e. The van der Waals surface area contributed by atoms with E-state index in [2.05, 4.69) is 10.3 Å². The van der Waals surface area contributed by atoms with Crippen molar-refractivity contribution in [1.29, 1.82) is 0 Å². The van der Waals surface area contributed by atoms with Crippen molar-refractivity contribution in [3.05, 3.63) is 70.5 Å². The zero-order valence-corrected chi connectivity index (χ0v) is 13.1. The monoisotopic (exact) mass is 325 g/mol. The van der Waals surface area contributed by atoms with Crippen LogP contribution in [0.4, 0.5) is 10.1 Å². The van der Waals surface area contributed by atoms with Crippen LogP contribution in [-0.4, -0.2) is 15.5 Å². The molecule has 1 heterocycles. The number of carbonyl (C=O) groups is 1. The van der Waals surface area contributed by atoms with Crippen LogP contribution in [0.5, 0.6) is 0 Å². The number of halogens is 1. The lowest BCUT2D eigenvalue weighted by molar-refractivity contribution is -0.116. The molecular formula is C18H16FN3O2. The number of anilines is 1. The Morgan fingerprint density at radius 3 is 2.83 bits per heavy atom. The first-order chi connectivity index (χ1) is 11.5. The van der Waals surface area contributed by atoms with E-state index in [4.69, 9.17) is 0 Å². The van der Waals surface area contributed by atoms with Crippen molar-refractivity contribution >= 4 is 22.5 Å². The molecule has 122 valence electrons. The molecule has 2 aromatic carbocycles. The van der Waals surface area contributed by atoms with E-state index in [0.29, 0.717) is 10.9 Å². The maximum Gasteiger partial charge on any atom is 0.261 e. The SMILES string of the molecule is Cc1ccc(NC(=O)CCn2cnc3ccccc3c2=O)c(F)c1. The Hall–Kier alpha value is -3.02. The number of rotatable bonds is 4. The standard InChI is InChI=1S/C18H16FN3O2/c1-12-6-7-16(14(19)10-12)21-17(23)8-9-22-11-20-15-5-3-2-4-13(15)18(22)24/h2-7,10-11H,8-9H2,1H3,(H,21,23). The third-order valence-electron chi connectivity index (χ3n) is 3.71. The molecule has 0 atom stereocenters. The summed E-state index contributed by atoms with van der Waals surface area (Å²) in [6, 6.07) is 11.6. The lowest BCUT2D eigenvalue weighted by atomic mass is 10.2. The molecule has 3 aromatic rings. The van der Waals surface area contributed by atoms with Gasteiger partial charge in [0, 0.05) is 13.0 Å². The fourth-order valence-electron chi connectivity index (χ4n) is 2.42. The molecule has 0 bridgehead atoms. The van der Waals surface area contributed by atoms with Crippen LogP contribution >= 0.6 is 0 Å². The molecule has 3 rings (SSSR count). The molecule has 1 aromatic heterocycles. The maximum atomic E-state index is 13.7. The lowest BCUT2D eigenvalue weighted by Gasteiger charge is -2.09. The van der Waals surface area contributed by atoms with Gasteiger partial charge in [-0.2, -0.15) is 0 Å². The van der Waals surface area contributed by atoms with E-state index in [0.717, 1.165) is 5.56 Å². The Bertz CT molecular complexity index is 966. The van der Waals surface area contributed by atoms with E-state index in [-0.39, 0.29) is 30.1 Å². The minimum atomic E-state index is -0.479. The molecule has 0 spiro atoms. The van der Waals surface area contributed by atoms with E-state index in [1.807, 2.05) is 6.07 Å². The molecule has 0 aliphatic rings. The number of nitrogens with one attached hydrogen (secondary N) is 1. The molecule has 6 heteroatoms. The van der Waals surface area contributed by atoms with Crippen LogP contribution in [0.15, 0.2) is 53.6 Å². The van der Waals surface area contributed by atoms with Gasteiger partial charge in [-0.1, -0.05) is 18.2 Å². The first kappa shape index (κ1) is 15.9. The molecule has 0 fully saturated rings. The minimum absolute atomic E-state index is 0.0489. The summed E-state index contributed by atoms with van der Waals surface area (Å²) in [5.41, 5.74) is 1.33. The molecule has 0 saturated carbocycles. The summed E-state index contributed by atoms with van der Waals surface area (Å²) in [5.74, 6) is -0.842. The van der Waals surface area contributed by atoms with Gasteiger partial charge >= 0.3 is 0 Å². The van der Waals surface area contributed by atoms with Crippen molar-refractivity contribution in [1.82, 2.24) is 9.55 Å². The summed E-state index contributed by atoms with van der Waals surface area (Å²) in [6.45, 7) is 1.95. The van der Waals surface area contributed by atoms with Gasteiger partial charge in [-0.3, -0.25) is 14.2 Å². The number of fused-ring (bicyclic) bond motifs is 1. The predicted molar refractivity (Wildman–Crippen MR) is 90.4 cm³/mol. The zero-order chi connectivity index (χ0) is 17.1. The molecular weight excluding hydrogens is 309 g/mol. The van der Waals surface area contributed by atoms with E-state index >= 15 is 0 Å². The summed E-state index contributed by atoms with van der Waals surface area (Å²) < 4.78 is 15.1. The second kappa shape index (κ2) is 6.62. The molecule has 0 aliphatic carbocycles. The molecule has 0 unspecified atom stereocenters. The zero-order valence-electron chi connectivity index (χ0n) is 13.1. The van der Waals surface area contributed by atoms with Crippen molar-refractivity contribution in [2.45, 2.75) is 19.9 Å².